The minimum Gasteiger partial charge on any atom is -0.378 e. The average Bonchev–Trinajstić information content (AvgIpc) is 2.76. The summed E-state index contributed by atoms with van der Waals surface area (Å²) in [7, 11) is 1.69. The van der Waals surface area contributed by atoms with E-state index < -0.39 is 0 Å². The van der Waals surface area contributed by atoms with Gasteiger partial charge in [0.2, 0.25) is 0 Å². The van der Waals surface area contributed by atoms with Gasteiger partial charge >= 0.3 is 0 Å². The predicted octanol–water partition coefficient (Wildman–Crippen LogP) is 3.53. The smallest absolute Gasteiger partial charge is 0.191 e. The Balaban J connectivity index is 1.56. The Hall–Kier alpha value is -2.32. The maximum Gasteiger partial charge on any atom is 0.191 e. The second kappa shape index (κ2) is 11.2. The van der Waals surface area contributed by atoms with Gasteiger partial charge in [0.1, 0.15) is 11.6 Å². The third kappa shape index (κ3) is 6.09. The molecular formula is C22H28F2N4OS. The van der Waals surface area contributed by atoms with E-state index in [4.69, 9.17) is 4.74 Å². The largest absolute Gasteiger partial charge is 0.378 e. The van der Waals surface area contributed by atoms with Gasteiger partial charge in [0, 0.05) is 39.0 Å². The van der Waals surface area contributed by atoms with Gasteiger partial charge in [0.25, 0.3) is 0 Å². The Bertz CT molecular complexity index is 872. The molecule has 0 aliphatic carbocycles. The van der Waals surface area contributed by atoms with Crippen LogP contribution in [0.25, 0.3) is 0 Å². The molecule has 0 aromatic heterocycles. The van der Waals surface area contributed by atoms with E-state index in [-0.39, 0.29) is 11.6 Å². The summed E-state index contributed by atoms with van der Waals surface area (Å²) in [6.45, 7) is 3.62. The number of nitrogens with zero attached hydrogens (tertiary/aromatic N) is 2. The number of thioether (sulfide) groups is 1. The number of hydrogen-bond donors (Lipinski definition) is 2. The molecule has 8 heteroatoms. The van der Waals surface area contributed by atoms with E-state index in [1.807, 2.05) is 23.3 Å². The van der Waals surface area contributed by atoms with Gasteiger partial charge in [-0.3, -0.25) is 4.99 Å². The van der Waals surface area contributed by atoms with Crippen LogP contribution in [0.15, 0.2) is 41.4 Å². The fraction of sp³-hybridized carbons (Fsp3) is 0.409. The van der Waals surface area contributed by atoms with Crippen LogP contribution in [0.1, 0.15) is 16.7 Å². The minimum absolute atomic E-state index is 0.229. The molecule has 3 rings (SSSR count). The standard InChI is InChI=1S/C22H28F2N4OS/c1-25-22(27-14-17-4-5-19(23)12-18(17)15-30-2)26-13-16-3-6-21(20(24)11-16)28-7-9-29-10-8-28/h3-6,11-12H,7-10,13-15H2,1-2H3,(H2,25,26,27). The molecule has 0 spiro atoms. The zero-order chi connectivity index (χ0) is 21.3. The number of morpholine rings is 1. The third-order valence-electron chi connectivity index (χ3n) is 4.96. The van der Waals surface area contributed by atoms with Crippen molar-refractivity contribution < 1.29 is 13.5 Å². The topological polar surface area (TPSA) is 48.9 Å². The van der Waals surface area contributed by atoms with E-state index in [2.05, 4.69) is 15.6 Å². The molecule has 30 heavy (non-hydrogen) atoms. The number of benzene rings is 2. The van der Waals surface area contributed by atoms with Gasteiger partial charge in [-0.1, -0.05) is 12.1 Å². The summed E-state index contributed by atoms with van der Waals surface area (Å²) in [6.07, 6.45) is 1.99. The summed E-state index contributed by atoms with van der Waals surface area (Å²) in [5.74, 6) is 0.891. The van der Waals surface area contributed by atoms with Crippen molar-refractivity contribution in [1.82, 2.24) is 10.6 Å². The molecule has 1 aliphatic rings. The zero-order valence-corrected chi connectivity index (χ0v) is 18.2. The summed E-state index contributed by atoms with van der Waals surface area (Å²) in [5, 5.41) is 6.45. The molecule has 2 N–H and O–H groups in total. The predicted molar refractivity (Wildman–Crippen MR) is 120 cm³/mol. The molecule has 162 valence electrons. The molecule has 0 amide bonds. The van der Waals surface area contributed by atoms with Crippen LogP contribution in [0.5, 0.6) is 0 Å². The highest BCUT2D eigenvalue weighted by Crippen LogP contribution is 2.21. The van der Waals surface area contributed by atoms with E-state index >= 15 is 0 Å². The fourth-order valence-corrected chi connectivity index (χ4v) is 3.94. The van der Waals surface area contributed by atoms with Crippen LogP contribution in [0.3, 0.4) is 0 Å². The maximum atomic E-state index is 14.6. The number of halogens is 2. The zero-order valence-electron chi connectivity index (χ0n) is 17.4. The quantitative estimate of drug-likeness (QED) is 0.516. The lowest BCUT2D eigenvalue weighted by molar-refractivity contribution is 0.122. The first-order valence-electron chi connectivity index (χ1n) is 9.92. The van der Waals surface area contributed by atoms with Crippen LogP contribution < -0.4 is 15.5 Å². The van der Waals surface area contributed by atoms with Crippen molar-refractivity contribution in [3.63, 3.8) is 0 Å². The van der Waals surface area contributed by atoms with Gasteiger partial charge in [0.15, 0.2) is 5.96 Å². The summed E-state index contributed by atoms with van der Waals surface area (Å²) < 4.78 is 33.4. The number of aliphatic imine (C=N–C) groups is 1. The number of anilines is 1. The van der Waals surface area contributed by atoms with Gasteiger partial charge in [-0.05, 0) is 47.2 Å². The summed E-state index contributed by atoms with van der Waals surface area (Å²) in [4.78, 5) is 6.23. The highest BCUT2D eigenvalue weighted by molar-refractivity contribution is 7.97. The molecule has 0 saturated carbocycles. The van der Waals surface area contributed by atoms with Gasteiger partial charge in [-0.2, -0.15) is 11.8 Å². The van der Waals surface area contributed by atoms with E-state index in [1.54, 1.807) is 37.0 Å². The van der Waals surface area contributed by atoms with Crippen molar-refractivity contribution in [2.24, 2.45) is 4.99 Å². The fourth-order valence-electron chi connectivity index (χ4n) is 3.36. The molecule has 1 saturated heterocycles. The van der Waals surface area contributed by atoms with Crippen LogP contribution in [0, 0.1) is 11.6 Å². The number of guanidine groups is 1. The van der Waals surface area contributed by atoms with Gasteiger partial charge in [0.05, 0.1) is 18.9 Å². The van der Waals surface area contributed by atoms with Crippen LogP contribution in [-0.4, -0.2) is 45.6 Å². The van der Waals surface area contributed by atoms with Gasteiger partial charge < -0.3 is 20.3 Å². The van der Waals surface area contributed by atoms with E-state index in [1.165, 1.54) is 6.07 Å². The van der Waals surface area contributed by atoms with Crippen molar-refractivity contribution in [2.45, 2.75) is 18.8 Å². The van der Waals surface area contributed by atoms with Crippen LogP contribution in [0.4, 0.5) is 14.5 Å². The maximum absolute atomic E-state index is 14.6. The SMILES string of the molecule is CN=C(NCc1ccc(N2CCOCC2)c(F)c1)NCc1ccc(F)cc1CSC. The molecule has 1 aliphatic heterocycles. The molecular weight excluding hydrogens is 406 g/mol. The normalized spacial score (nSPS) is 14.7. The number of rotatable bonds is 7. The van der Waals surface area contributed by atoms with E-state index in [0.29, 0.717) is 51.0 Å². The number of hydrogen-bond acceptors (Lipinski definition) is 4. The lowest BCUT2D eigenvalue weighted by atomic mass is 10.1. The summed E-state index contributed by atoms with van der Waals surface area (Å²) in [5.41, 5.74) is 3.43. The van der Waals surface area contributed by atoms with E-state index in [9.17, 15) is 8.78 Å². The second-order valence-corrected chi connectivity index (χ2v) is 7.88. The van der Waals surface area contributed by atoms with E-state index in [0.717, 1.165) is 22.4 Å². The average molecular weight is 435 g/mol. The van der Waals surface area contributed by atoms with Crippen LogP contribution in [0.2, 0.25) is 0 Å². The van der Waals surface area contributed by atoms with Crippen LogP contribution in [-0.2, 0) is 23.6 Å². The number of nitrogens with one attached hydrogen (secondary N) is 2. The van der Waals surface area contributed by atoms with Crippen molar-refractivity contribution in [3.8, 4) is 0 Å². The first kappa shape index (κ1) is 22.4. The molecule has 1 heterocycles. The lowest BCUT2D eigenvalue weighted by Gasteiger charge is -2.29. The highest BCUT2D eigenvalue weighted by Gasteiger charge is 2.15. The molecule has 0 unspecified atom stereocenters. The first-order valence-corrected chi connectivity index (χ1v) is 11.3. The van der Waals surface area contributed by atoms with Crippen LogP contribution >= 0.6 is 11.8 Å². The summed E-state index contributed by atoms with van der Waals surface area (Å²) >= 11 is 1.65. The Morgan fingerprint density at radius 1 is 1.07 bits per heavy atom. The van der Waals surface area contributed by atoms with Crippen molar-refractivity contribution in [3.05, 3.63) is 64.7 Å². The molecule has 1 fully saturated rings. The van der Waals surface area contributed by atoms with Crippen molar-refractivity contribution >= 4 is 23.4 Å². The third-order valence-corrected chi connectivity index (χ3v) is 5.56. The Morgan fingerprint density at radius 2 is 1.83 bits per heavy atom. The highest BCUT2D eigenvalue weighted by atomic mass is 32.2. The van der Waals surface area contributed by atoms with Crippen molar-refractivity contribution in [1.29, 1.82) is 0 Å². The summed E-state index contributed by atoms with van der Waals surface area (Å²) in [6, 6.07) is 10.1. The van der Waals surface area contributed by atoms with Gasteiger partial charge in [-0.25, -0.2) is 8.78 Å². The monoisotopic (exact) mass is 434 g/mol. The molecule has 2 aromatic carbocycles. The molecule has 5 nitrogen and oxygen atoms in total. The Labute approximate surface area is 180 Å². The first-order chi connectivity index (χ1) is 14.6. The van der Waals surface area contributed by atoms with Gasteiger partial charge in [-0.15, -0.1) is 0 Å². The Morgan fingerprint density at radius 3 is 2.53 bits per heavy atom. The lowest BCUT2D eigenvalue weighted by Crippen LogP contribution is -2.37. The molecule has 0 bridgehead atoms. The molecule has 2 aromatic rings. The minimum atomic E-state index is -0.229. The molecule has 0 radical (unpaired) electrons. The van der Waals surface area contributed by atoms with Crippen molar-refractivity contribution in [2.75, 3.05) is 44.5 Å². The Kier molecular flexibility index (Phi) is 8.33. The number of ether oxygens (including phenoxy) is 1. The molecule has 0 atom stereocenters. The second-order valence-electron chi connectivity index (χ2n) is 7.01.